The number of rotatable bonds is 5. The van der Waals surface area contributed by atoms with Gasteiger partial charge in [-0.25, -0.2) is 0 Å². The highest BCUT2D eigenvalue weighted by molar-refractivity contribution is 7.07. The third kappa shape index (κ3) is 3.41. The quantitative estimate of drug-likeness (QED) is 0.869. The topological polar surface area (TPSA) is 15.3 Å². The average molecular weight is 286 g/mol. The molecule has 106 valence electrons. The van der Waals surface area contributed by atoms with Crippen LogP contribution in [0.25, 0.3) is 0 Å². The molecule has 1 N–H and O–H groups in total. The third-order valence-electron chi connectivity index (χ3n) is 3.96. The second-order valence-corrected chi connectivity index (χ2v) is 6.39. The zero-order valence-electron chi connectivity index (χ0n) is 12.0. The van der Waals surface area contributed by atoms with Crippen LogP contribution in [0.1, 0.15) is 36.9 Å². The first-order chi connectivity index (χ1) is 9.81. The summed E-state index contributed by atoms with van der Waals surface area (Å²) in [5.74, 6) is 0. The van der Waals surface area contributed by atoms with E-state index >= 15 is 0 Å². The Bertz CT molecular complexity index is 530. The molecule has 2 heterocycles. The van der Waals surface area contributed by atoms with Crippen molar-refractivity contribution in [1.29, 1.82) is 0 Å². The van der Waals surface area contributed by atoms with Crippen LogP contribution >= 0.6 is 11.3 Å². The van der Waals surface area contributed by atoms with Gasteiger partial charge in [-0.2, -0.15) is 11.3 Å². The van der Waals surface area contributed by atoms with E-state index in [4.69, 9.17) is 0 Å². The molecule has 1 fully saturated rings. The lowest BCUT2D eigenvalue weighted by molar-refractivity contribution is 0.331. The Labute approximate surface area is 125 Å². The van der Waals surface area contributed by atoms with E-state index in [1.807, 2.05) is 0 Å². The molecular formula is C17H22N2S. The number of anilines is 1. The molecule has 2 nitrogen and oxygen atoms in total. The highest BCUT2D eigenvalue weighted by atomic mass is 32.1. The van der Waals surface area contributed by atoms with Gasteiger partial charge in [0.25, 0.3) is 0 Å². The molecule has 0 saturated carbocycles. The van der Waals surface area contributed by atoms with Crippen LogP contribution in [0.2, 0.25) is 0 Å². The van der Waals surface area contributed by atoms with Crippen LogP contribution in [0.5, 0.6) is 0 Å². The van der Waals surface area contributed by atoms with Gasteiger partial charge in [0.1, 0.15) is 0 Å². The van der Waals surface area contributed by atoms with Crippen molar-refractivity contribution in [3.63, 3.8) is 0 Å². The van der Waals surface area contributed by atoms with Gasteiger partial charge in [-0.3, -0.25) is 4.90 Å². The molecule has 1 atom stereocenters. The van der Waals surface area contributed by atoms with Gasteiger partial charge in [-0.15, -0.1) is 0 Å². The van der Waals surface area contributed by atoms with Crippen LogP contribution in [0.3, 0.4) is 0 Å². The van der Waals surface area contributed by atoms with Crippen molar-refractivity contribution in [3.05, 3.63) is 52.2 Å². The van der Waals surface area contributed by atoms with Gasteiger partial charge in [-0.05, 0) is 72.9 Å². The molecule has 3 rings (SSSR count). The van der Waals surface area contributed by atoms with Gasteiger partial charge >= 0.3 is 0 Å². The van der Waals surface area contributed by atoms with Gasteiger partial charge in [0.2, 0.25) is 0 Å². The van der Waals surface area contributed by atoms with E-state index in [0.717, 1.165) is 6.54 Å². The summed E-state index contributed by atoms with van der Waals surface area (Å²) in [4.78, 5) is 2.54. The Kier molecular flexibility index (Phi) is 4.38. The average Bonchev–Trinajstić information content (AvgIpc) is 3.12. The van der Waals surface area contributed by atoms with E-state index in [-0.39, 0.29) is 0 Å². The predicted octanol–water partition coefficient (Wildman–Crippen LogP) is 4.52. The molecule has 3 heteroatoms. The van der Waals surface area contributed by atoms with Gasteiger partial charge in [0, 0.05) is 18.3 Å². The molecule has 1 saturated heterocycles. The lowest BCUT2D eigenvalue weighted by atomic mass is 10.1. The summed E-state index contributed by atoms with van der Waals surface area (Å²) in [6.07, 6.45) is 2.71. The van der Waals surface area contributed by atoms with Gasteiger partial charge in [0.15, 0.2) is 0 Å². The van der Waals surface area contributed by atoms with Crippen molar-refractivity contribution in [1.82, 2.24) is 4.90 Å². The molecule has 1 aliphatic heterocycles. The summed E-state index contributed by atoms with van der Waals surface area (Å²) in [5, 5.41) is 7.95. The maximum absolute atomic E-state index is 3.60. The summed E-state index contributed by atoms with van der Waals surface area (Å²) in [5.41, 5.74) is 4.00. The molecule has 1 aromatic carbocycles. The first-order valence-electron chi connectivity index (χ1n) is 7.41. The third-order valence-corrected chi connectivity index (χ3v) is 4.66. The molecule has 0 radical (unpaired) electrons. The van der Waals surface area contributed by atoms with Crippen molar-refractivity contribution in [2.24, 2.45) is 0 Å². The van der Waals surface area contributed by atoms with E-state index in [1.165, 1.54) is 42.7 Å². The fourth-order valence-corrected chi connectivity index (χ4v) is 3.57. The number of nitrogens with zero attached hydrogens (tertiary/aromatic N) is 1. The van der Waals surface area contributed by atoms with Gasteiger partial charge in [-0.1, -0.05) is 12.1 Å². The lowest BCUT2D eigenvalue weighted by Crippen LogP contribution is -2.18. The smallest absolute Gasteiger partial charge is 0.0493 e. The van der Waals surface area contributed by atoms with Crippen molar-refractivity contribution in [2.45, 2.75) is 32.4 Å². The van der Waals surface area contributed by atoms with E-state index in [9.17, 15) is 0 Å². The van der Waals surface area contributed by atoms with Crippen LogP contribution in [0.4, 0.5) is 5.69 Å². The molecule has 0 aliphatic carbocycles. The zero-order valence-corrected chi connectivity index (χ0v) is 12.8. The minimum absolute atomic E-state index is 0.364. The van der Waals surface area contributed by atoms with Crippen LogP contribution in [-0.4, -0.2) is 18.0 Å². The van der Waals surface area contributed by atoms with Crippen LogP contribution in [-0.2, 0) is 6.54 Å². The molecule has 0 spiro atoms. The Hall–Kier alpha value is -1.32. The standard InChI is InChI=1S/C17H22N2S/c1-14(16-7-10-20-13-16)18-17-6-4-5-15(11-17)12-19-8-2-3-9-19/h4-7,10-11,13-14,18H,2-3,8-9,12H2,1H3. The lowest BCUT2D eigenvalue weighted by Gasteiger charge is -2.17. The Morgan fingerprint density at radius 1 is 1.25 bits per heavy atom. The highest BCUT2D eigenvalue weighted by Crippen LogP contribution is 2.22. The monoisotopic (exact) mass is 286 g/mol. The number of hydrogen-bond acceptors (Lipinski definition) is 3. The summed E-state index contributed by atoms with van der Waals surface area (Å²) in [6, 6.07) is 11.4. The van der Waals surface area contributed by atoms with E-state index in [2.05, 4.69) is 58.2 Å². The Balaban J connectivity index is 1.64. The Morgan fingerprint density at radius 3 is 2.85 bits per heavy atom. The predicted molar refractivity (Wildman–Crippen MR) is 87.3 cm³/mol. The van der Waals surface area contributed by atoms with E-state index in [1.54, 1.807) is 11.3 Å². The van der Waals surface area contributed by atoms with Crippen molar-refractivity contribution >= 4 is 17.0 Å². The second kappa shape index (κ2) is 6.42. The second-order valence-electron chi connectivity index (χ2n) is 5.61. The minimum Gasteiger partial charge on any atom is -0.378 e. The fraction of sp³-hybridized carbons (Fsp3) is 0.412. The highest BCUT2D eigenvalue weighted by Gasteiger charge is 2.12. The summed E-state index contributed by atoms with van der Waals surface area (Å²) in [7, 11) is 0. The summed E-state index contributed by atoms with van der Waals surface area (Å²) in [6.45, 7) is 5.81. The minimum atomic E-state index is 0.364. The number of thiophene rings is 1. The maximum atomic E-state index is 3.60. The molecule has 1 aromatic heterocycles. The zero-order chi connectivity index (χ0) is 13.8. The van der Waals surface area contributed by atoms with Crippen LogP contribution < -0.4 is 5.32 Å². The largest absolute Gasteiger partial charge is 0.378 e. The Morgan fingerprint density at radius 2 is 2.10 bits per heavy atom. The van der Waals surface area contributed by atoms with E-state index < -0.39 is 0 Å². The number of benzene rings is 1. The molecule has 2 aromatic rings. The van der Waals surface area contributed by atoms with Gasteiger partial charge < -0.3 is 5.32 Å². The number of likely N-dealkylation sites (tertiary alicyclic amines) is 1. The molecule has 1 unspecified atom stereocenters. The summed E-state index contributed by atoms with van der Waals surface area (Å²) < 4.78 is 0. The van der Waals surface area contributed by atoms with Crippen LogP contribution in [0, 0.1) is 0 Å². The molecule has 0 amide bonds. The first kappa shape index (κ1) is 13.7. The summed E-state index contributed by atoms with van der Waals surface area (Å²) >= 11 is 1.76. The van der Waals surface area contributed by atoms with E-state index in [0.29, 0.717) is 6.04 Å². The van der Waals surface area contributed by atoms with Crippen molar-refractivity contribution in [2.75, 3.05) is 18.4 Å². The number of nitrogens with one attached hydrogen (secondary N) is 1. The maximum Gasteiger partial charge on any atom is 0.0493 e. The van der Waals surface area contributed by atoms with Crippen molar-refractivity contribution in [3.8, 4) is 0 Å². The number of hydrogen-bond donors (Lipinski definition) is 1. The SMILES string of the molecule is CC(Nc1cccc(CN2CCCC2)c1)c1ccsc1. The van der Waals surface area contributed by atoms with Gasteiger partial charge in [0.05, 0.1) is 0 Å². The van der Waals surface area contributed by atoms with Crippen LogP contribution in [0.15, 0.2) is 41.1 Å². The molecule has 20 heavy (non-hydrogen) atoms. The molecule has 0 bridgehead atoms. The molecule has 1 aliphatic rings. The normalized spacial score (nSPS) is 17.2. The fourth-order valence-electron chi connectivity index (χ4n) is 2.81. The molecular weight excluding hydrogens is 264 g/mol. The first-order valence-corrected chi connectivity index (χ1v) is 8.35. The van der Waals surface area contributed by atoms with Crippen molar-refractivity contribution < 1.29 is 0 Å².